The van der Waals surface area contributed by atoms with E-state index in [4.69, 9.17) is 0 Å². The molecule has 0 aliphatic heterocycles. The highest BCUT2D eigenvalue weighted by molar-refractivity contribution is 5.95. The van der Waals surface area contributed by atoms with Crippen LogP contribution in [0.1, 0.15) is 50.8 Å². The summed E-state index contributed by atoms with van der Waals surface area (Å²) in [6.45, 7) is 6.48. The van der Waals surface area contributed by atoms with Crippen LogP contribution in [0, 0.1) is 5.92 Å². The first-order valence-electron chi connectivity index (χ1n) is 8.42. The second-order valence-electron chi connectivity index (χ2n) is 6.49. The van der Waals surface area contributed by atoms with Crippen LogP contribution in [0.3, 0.4) is 0 Å². The van der Waals surface area contributed by atoms with E-state index in [1.54, 1.807) is 0 Å². The molecule has 0 spiro atoms. The number of carbonyl (C=O) groups excluding carboxylic acids is 2. The fraction of sp³-hybridized carbons (Fsp3) is 0.556. The third-order valence-corrected chi connectivity index (χ3v) is 4.06. The Bertz CT molecular complexity index is 536. The largest absolute Gasteiger partial charge is 0.335 e. The van der Waals surface area contributed by atoms with E-state index in [0.29, 0.717) is 5.92 Å². The Hall–Kier alpha value is -1.88. The maximum atomic E-state index is 11.9. The van der Waals surface area contributed by atoms with Crippen LogP contribution in [0.2, 0.25) is 0 Å². The summed E-state index contributed by atoms with van der Waals surface area (Å²) >= 11 is 0. The van der Waals surface area contributed by atoms with Gasteiger partial charge in [-0.3, -0.25) is 10.1 Å². The molecule has 3 amide bonds. The summed E-state index contributed by atoms with van der Waals surface area (Å²) in [6.07, 6.45) is 3.02. The molecule has 0 radical (unpaired) electrons. The molecular formula is C18H27N3O2. The van der Waals surface area contributed by atoms with Gasteiger partial charge in [-0.25, -0.2) is 4.79 Å². The molecule has 1 aromatic rings. The lowest BCUT2D eigenvalue weighted by Gasteiger charge is -2.23. The highest BCUT2D eigenvalue weighted by Crippen LogP contribution is 2.22. The molecule has 0 heterocycles. The van der Waals surface area contributed by atoms with Crippen molar-refractivity contribution in [2.24, 2.45) is 5.92 Å². The van der Waals surface area contributed by atoms with Crippen LogP contribution in [-0.4, -0.2) is 24.5 Å². The van der Waals surface area contributed by atoms with Crippen molar-refractivity contribution in [2.45, 2.75) is 52.1 Å². The maximum Gasteiger partial charge on any atom is 0.321 e. The van der Waals surface area contributed by atoms with Crippen molar-refractivity contribution in [3.63, 3.8) is 0 Å². The van der Waals surface area contributed by atoms with Gasteiger partial charge in [-0.15, -0.1) is 0 Å². The highest BCUT2D eigenvalue weighted by atomic mass is 16.2. The Morgan fingerprint density at radius 2 is 1.83 bits per heavy atom. The zero-order valence-electron chi connectivity index (χ0n) is 14.2. The molecule has 2 rings (SSSR count). The maximum absolute atomic E-state index is 11.9. The van der Waals surface area contributed by atoms with E-state index in [2.05, 4.69) is 61.0 Å². The molecule has 1 aliphatic carbocycles. The smallest absolute Gasteiger partial charge is 0.321 e. The number of benzene rings is 1. The summed E-state index contributed by atoms with van der Waals surface area (Å²) in [5.41, 5.74) is 2.46. The van der Waals surface area contributed by atoms with Crippen molar-refractivity contribution in [3.05, 3.63) is 35.4 Å². The SMILES string of the molecule is CCc1ccc([C@@H](NCC(=O)NC(=O)NC2CC2)C(C)C)cc1. The summed E-state index contributed by atoms with van der Waals surface area (Å²) in [5, 5.41) is 8.36. The Labute approximate surface area is 138 Å². The quantitative estimate of drug-likeness (QED) is 0.724. The van der Waals surface area contributed by atoms with Crippen molar-refractivity contribution in [1.29, 1.82) is 0 Å². The Morgan fingerprint density at radius 3 is 2.35 bits per heavy atom. The van der Waals surface area contributed by atoms with Crippen LogP contribution in [0.4, 0.5) is 4.79 Å². The van der Waals surface area contributed by atoms with Crippen molar-refractivity contribution in [2.75, 3.05) is 6.54 Å². The predicted molar refractivity (Wildman–Crippen MR) is 91.1 cm³/mol. The first-order valence-corrected chi connectivity index (χ1v) is 8.42. The number of nitrogens with one attached hydrogen (secondary N) is 3. The predicted octanol–water partition coefficient (Wildman–Crippen LogP) is 2.52. The van der Waals surface area contributed by atoms with Gasteiger partial charge in [0.05, 0.1) is 6.54 Å². The van der Waals surface area contributed by atoms with Crippen LogP contribution in [0.25, 0.3) is 0 Å². The number of carbonyl (C=O) groups is 2. The Morgan fingerprint density at radius 1 is 1.17 bits per heavy atom. The van der Waals surface area contributed by atoms with Gasteiger partial charge in [0.15, 0.2) is 0 Å². The summed E-state index contributed by atoms with van der Waals surface area (Å²) < 4.78 is 0. The van der Waals surface area contributed by atoms with E-state index in [9.17, 15) is 9.59 Å². The number of hydrogen-bond acceptors (Lipinski definition) is 3. The molecule has 1 aromatic carbocycles. The molecule has 3 N–H and O–H groups in total. The fourth-order valence-electron chi connectivity index (χ4n) is 2.52. The number of imide groups is 1. The van der Waals surface area contributed by atoms with E-state index in [-0.39, 0.29) is 24.5 Å². The molecule has 0 bridgehead atoms. The van der Waals surface area contributed by atoms with Gasteiger partial charge < -0.3 is 10.6 Å². The van der Waals surface area contributed by atoms with Crippen LogP contribution < -0.4 is 16.0 Å². The number of aryl methyl sites for hydroxylation is 1. The lowest BCUT2D eigenvalue weighted by Crippen LogP contribution is -2.45. The monoisotopic (exact) mass is 317 g/mol. The molecule has 1 saturated carbocycles. The number of hydrogen-bond donors (Lipinski definition) is 3. The average molecular weight is 317 g/mol. The van der Waals surface area contributed by atoms with E-state index in [1.165, 1.54) is 5.56 Å². The van der Waals surface area contributed by atoms with E-state index >= 15 is 0 Å². The van der Waals surface area contributed by atoms with E-state index in [1.807, 2.05) is 0 Å². The van der Waals surface area contributed by atoms with Crippen molar-refractivity contribution < 1.29 is 9.59 Å². The minimum atomic E-state index is -0.396. The summed E-state index contributed by atoms with van der Waals surface area (Å²) in [6, 6.07) is 8.38. The van der Waals surface area contributed by atoms with Gasteiger partial charge in [-0.2, -0.15) is 0 Å². The van der Waals surface area contributed by atoms with Crippen molar-refractivity contribution in [1.82, 2.24) is 16.0 Å². The van der Waals surface area contributed by atoms with Crippen LogP contribution in [0.15, 0.2) is 24.3 Å². The normalized spacial score (nSPS) is 15.3. The molecule has 5 nitrogen and oxygen atoms in total. The molecular weight excluding hydrogens is 290 g/mol. The zero-order chi connectivity index (χ0) is 16.8. The molecule has 126 valence electrons. The first kappa shape index (κ1) is 17.5. The fourth-order valence-corrected chi connectivity index (χ4v) is 2.52. The van der Waals surface area contributed by atoms with E-state index in [0.717, 1.165) is 24.8 Å². The first-order chi connectivity index (χ1) is 11.0. The summed E-state index contributed by atoms with van der Waals surface area (Å²) in [5.74, 6) is 0.0366. The second-order valence-corrected chi connectivity index (χ2v) is 6.49. The zero-order valence-corrected chi connectivity index (χ0v) is 14.2. The molecule has 0 saturated heterocycles. The van der Waals surface area contributed by atoms with Crippen molar-refractivity contribution in [3.8, 4) is 0 Å². The molecule has 1 aliphatic rings. The number of urea groups is 1. The van der Waals surface area contributed by atoms with Gasteiger partial charge >= 0.3 is 6.03 Å². The minimum absolute atomic E-state index is 0.0816. The Balaban J connectivity index is 1.85. The van der Waals surface area contributed by atoms with Gasteiger partial charge in [-0.1, -0.05) is 45.0 Å². The topological polar surface area (TPSA) is 70.2 Å². The summed E-state index contributed by atoms with van der Waals surface area (Å²) in [4.78, 5) is 23.4. The minimum Gasteiger partial charge on any atom is -0.335 e. The molecule has 0 aromatic heterocycles. The van der Waals surface area contributed by atoms with Crippen LogP contribution in [-0.2, 0) is 11.2 Å². The highest BCUT2D eigenvalue weighted by Gasteiger charge is 2.24. The number of rotatable bonds is 7. The van der Waals surface area contributed by atoms with Crippen molar-refractivity contribution >= 4 is 11.9 Å². The van der Waals surface area contributed by atoms with Crippen LogP contribution in [0.5, 0.6) is 0 Å². The number of amides is 3. The third-order valence-electron chi connectivity index (χ3n) is 4.06. The second kappa shape index (κ2) is 8.11. The summed E-state index contributed by atoms with van der Waals surface area (Å²) in [7, 11) is 0. The average Bonchev–Trinajstić information content (AvgIpc) is 3.31. The standard InChI is InChI=1S/C18H27N3O2/c1-4-13-5-7-14(8-6-13)17(12(2)3)19-11-16(22)21-18(23)20-15-9-10-15/h5-8,12,15,17,19H,4,9-11H2,1-3H3,(H2,20,21,22,23)/t17-/m0/s1. The lowest BCUT2D eigenvalue weighted by molar-refractivity contribution is -0.119. The molecule has 23 heavy (non-hydrogen) atoms. The molecule has 1 atom stereocenters. The lowest BCUT2D eigenvalue weighted by atomic mass is 9.95. The Kier molecular flexibility index (Phi) is 6.16. The molecule has 5 heteroatoms. The van der Waals surface area contributed by atoms with Gasteiger partial charge in [-0.05, 0) is 36.3 Å². The van der Waals surface area contributed by atoms with Gasteiger partial charge in [0.1, 0.15) is 0 Å². The van der Waals surface area contributed by atoms with Crippen LogP contribution >= 0.6 is 0 Å². The molecule has 1 fully saturated rings. The van der Waals surface area contributed by atoms with Gasteiger partial charge in [0.2, 0.25) is 5.91 Å². The van der Waals surface area contributed by atoms with E-state index < -0.39 is 6.03 Å². The van der Waals surface area contributed by atoms with Gasteiger partial charge in [0, 0.05) is 12.1 Å². The third kappa shape index (κ3) is 5.67. The van der Waals surface area contributed by atoms with Gasteiger partial charge in [0.25, 0.3) is 0 Å². The molecule has 0 unspecified atom stereocenters.